The van der Waals surface area contributed by atoms with E-state index in [2.05, 4.69) is 0 Å². The maximum absolute atomic E-state index is 13.3. The molecule has 0 aliphatic rings. The van der Waals surface area contributed by atoms with Crippen LogP contribution in [0.15, 0.2) is 47.4 Å². The maximum Gasteiger partial charge on any atom is 0.324 e. The van der Waals surface area contributed by atoms with Crippen molar-refractivity contribution in [2.75, 3.05) is 20.8 Å². The van der Waals surface area contributed by atoms with Crippen LogP contribution in [0.5, 0.6) is 5.75 Å². The molecular weight excluding hydrogens is 446 g/mol. The Morgan fingerprint density at radius 3 is 2.16 bits per heavy atom. The summed E-state index contributed by atoms with van der Waals surface area (Å²) in [4.78, 5) is 32.3. The molecule has 0 amide bonds. The molecule has 0 heterocycles. The minimum Gasteiger partial charge on any atom is -0.497 e. The lowest BCUT2D eigenvalue weighted by Crippen LogP contribution is -2.46. The molecule has 0 fully saturated rings. The number of carbonyl (C=O) groups excluding carboxylic acids is 1. The van der Waals surface area contributed by atoms with E-state index < -0.39 is 48.2 Å². The number of benzene rings is 2. The van der Waals surface area contributed by atoms with Gasteiger partial charge in [-0.25, -0.2) is 8.42 Å². The summed E-state index contributed by atoms with van der Waals surface area (Å²) in [5, 5.41) is 22.4. The molecule has 0 aliphatic carbocycles. The maximum atomic E-state index is 13.3. The number of carbonyl (C=O) groups is 1. The molecule has 12 nitrogen and oxygen atoms in total. The van der Waals surface area contributed by atoms with E-state index >= 15 is 0 Å². The number of hydrogen-bond donors (Lipinski definition) is 0. The third-order valence-electron chi connectivity index (χ3n) is 4.66. The van der Waals surface area contributed by atoms with Gasteiger partial charge in [0.1, 0.15) is 11.8 Å². The number of nitrogens with zero attached hydrogens (tertiary/aromatic N) is 3. The second-order valence-electron chi connectivity index (χ2n) is 6.47. The standard InChI is InChI=1S/C19H21N3O9S/c1-4-20(17(19(23)31-3)11-13-5-8-15(30-2)9-6-13)32(28,29)18-10-7-14(21(24)25)12-16(18)22(26)27/h5-10,12,17H,4,11H2,1-3H3. The molecule has 0 spiro atoms. The van der Waals surface area contributed by atoms with E-state index in [1.807, 2.05) is 0 Å². The summed E-state index contributed by atoms with van der Waals surface area (Å²) < 4.78 is 37.3. The van der Waals surface area contributed by atoms with Crippen molar-refractivity contribution in [2.45, 2.75) is 24.3 Å². The number of sulfonamides is 1. The largest absolute Gasteiger partial charge is 0.497 e. The molecule has 0 N–H and O–H groups in total. The van der Waals surface area contributed by atoms with Crippen LogP contribution in [0.2, 0.25) is 0 Å². The summed E-state index contributed by atoms with van der Waals surface area (Å²) in [7, 11) is -2.04. The lowest BCUT2D eigenvalue weighted by molar-refractivity contribution is -0.396. The Bertz CT molecular complexity index is 1120. The van der Waals surface area contributed by atoms with Gasteiger partial charge in [0.05, 0.1) is 30.1 Å². The van der Waals surface area contributed by atoms with Crippen molar-refractivity contribution in [2.24, 2.45) is 0 Å². The quantitative estimate of drug-likeness (QED) is 0.290. The summed E-state index contributed by atoms with van der Waals surface area (Å²) >= 11 is 0. The number of ether oxygens (including phenoxy) is 2. The van der Waals surface area contributed by atoms with Crippen LogP contribution in [-0.4, -0.2) is 55.3 Å². The molecule has 2 aromatic rings. The number of nitro groups is 2. The summed E-state index contributed by atoms with van der Waals surface area (Å²) in [6.45, 7) is 1.24. The van der Waals surface area contributed by atoms with Crippen LogP contribution < -0.4 is 4.74 Å². The zero-order valence-electron chi connectivity index (χ0n) is 17.5. The Balaban J connectivity index is 2.56. The summed E-state index contributed by atoms with van der Waals surface area (Å²) in [6, 6.07) is 7.42. The Morgan fingerprint density at radius 1 is 1.06 bits per heavy atom. The number of likely N-dealkylation sites (N-methyl/N-ethyl adjacent to an activating group) is 1. The van der Waals surface area contributed by atoms with Crippen molar-refractivity contribution >= 4 is 27.4 Å². The van der Waals surface area contributed by atoms with Gasteiger partial charge in [-0.15, -0.1) is 0 Å². The molecule has 0 saturated carbocycles. The third kappa shape index (κ3) is 5.18. The number of non-ortho nitro benzene ring substituents is 1. The van der Waals surface area contributed by atoms with E-state index in [1.54, 1.807) is 24.3 Å². The van der Waals surface area contributed by atoms with E-state index in [0.29, 0.717) is 17.4 Å². The zero-order valence-corrected chi connectivity index (χ0v) is 18.3. The van der Waals surface area contributed by atoms with Gasteiger partial charge in [-0.1, -0.05) is 19.1 Å². The Hall–Kier alpha value is -3.58. The van der Waals surface area contributed by atoms with E-state index in [9.17, 15) is 33.4 Å². The number of methoxy groups -OCH3 is 2. The van der Waals surface area contributed by atoms with E-state index in [0.717, 1.165) is 23.5 Å². The van der Waals surface area contributed by atoms with Gasteiger partial charge in [0.25, 0.3) is 21.4 Å². The minimum atomic E-state index is -4.61. The first kappa shape index (κ1) is 24.7. The fraction of sp³-hybridized carbons (Fsp3) is 0.316. The molecule has 2 rings (SSSR count). The fourth-order valence-corrected chi connectivity index (χ4v) is 4.81. The second-order valence-corrected chi connectivity index (χ2v) is 8.32. The fourth-order valence-electron chi connectivity index (χ4n) is 3.09. The van der Waals surface area contributed by atoms with Crippen LogP contribution in [0.1, 0.15) is 12.5 Å². The lowest BCUT2D eigenvalue weighted by atomic mass is 10.1. The number of rotatable bonds is 10. The topological polar surface area (TPSA) is 159 Å². The smallest absolute Gasteiger partial charge is 0.324 e. The minimum absolute atomic E-state index is 0.0789. The van der Waals surface area contributed by atoms with Gasteiger partial charge in [-0.2, -0.15) is 4.31 Å². The number of esters is 1. The molecule has 0 bridgehead atoms. The predicted octanol–water partition coefficient (Wildman–Crippen LogP) is 2.31. The molecule has 0 saturated heterocycles. The van der Waals surface area contributed by atoms with Gasteiger partial charge >= 0.3 is 5.97 Å². The Morgan fingerprint density at radius 2 is 1.69 bits per heavy atom. The van der Waals surface area contributed by atoms with Crippen molar-refractivity contribution in [3.8, 4) is 5.75 Å². The van der Waals surface area contributed by atoms with Crippen LogP contribution in [0.4, 0.5) is 11.4 Å². The Labute approximate surface area is 183 Å². The van der Waals surface area contributed by atoms with Crippen molar-refractivity contribution in [1.82, 2.24) is 4.31 Å². The summed E-state index contributed by atoms with van der Waals surface area (Å²) in [5.41, 5.74) is -1.01. The van der Waals surface area contributed by atoms with E-state index in [4.69, 9.17) is 9.47 Å². The average Bonchev–Trinajstić information content (AvgIpc) is 2.78. The average molecular weight is 467 g/mol. The van der Waals surface area contributed by atoms with Crippen molar-refractivity contribution in [1.29, 1.82) is 0 Å². The SMILES string of the molecule is CCN(C(Cc1ccc(OC)cc1)C(=O)OC)S(=O)(=O)c1ccc([N+](=O)[O-])cc1[N+](=O)[O-]. The van der Waals surface area contributed by atoms with Crippen LogP contribution in [0.25, 0.3) is 0 Å². The highest BCUT2D eigenvalue weighted by Gasteiger charge is 2.39. The van der Waals surface area contributed by atoms with Crippen LogP contribution >= 0.6 is 0 Å². The Kier molecular flexibility index (Phi) is 7.83. The third-order valence-corrected chi connectivity index (χ3v) is 6.69. The van der Waals surface area contributed by atoms with Crippen LogP contribution in [0, 0.1) is 20.2 Å². The van der Waals surface area contributed by atoms with Gasteiger partial charge in [-0.3, -0.25) is 25.0 Å². The molecule has 2 aromatic carbocycles. The first-order chi connectivity index (χ1) is 15.1. The van der Waals surface area contributed by atoms with Crippen LogP contribution in [-0.2, 0) is 26.0 Å². The van der Waals surface area contributed by atoms with Gasteiger partial charge in [0.2, 0.25) is 0 Å². The first-order valence-corrected chi connectivity index (χ1v) is 10.7. The highest BCUT2D eigenvalue weighted by atomic mass is 32.2. The summed E-state index contributed by atoms with van der Waals surface area (Å²) in [6.07, 6.45) is -0.0789. The highest BCUT2D eigenvalue weighted by molar-refractivity contribution is 7.89. The molecular formula is C19H21N3O9S. The molecule has 13 heteroatoms. The number of hydrogen-bond acceptors (Lipinski definition) is 9. The normalized spacial score (nSPS) is 12.2. The second kappa shape index (κ2) is 10.2. The molecule has 1 atom stereocenters. The van der Waals surface area contributed by atoms with Gasteiger partial charge in [-0.05, 0) is 30.2 Å². The first-order valence-electron chi connectivity index (χ1n) is 9.22. The highest BCUT2D eigenvalue weighted by Crippen LogP contribution is 2.32. The van der Waals surface area contributed by atoms with Gasteiger partial charge < -0.3 is 9.47 Å². The monoisotopic (exact) mass is 467 g/mol. The predicted molar refractivity (Wildman–Crippen MR) is 112 cm³/mol. The lowest BCUT2D eigenvalue weighted by Gasteiger charge is -2.28. The molecule has 172 valence electrons. The molecule has 0 radical (unpaired) electrons. The molecule has 32 heavy (non-hydrogen) atoms. The number of nitro benzene ring substituents is 2. The van der Waals surface area contributed by atoms with Crippen LogP contribution in [0.3, 0.4) is 0 Å². The van der Waals surface area contributed by atoms with Crippen molar-refractivity contribution in [3.05, 3.63) is 68.3 Å². The molecule has 1 unspecified atom stereocenters. The van der Waals surface area contributed by atoms with Gasteiger partial charge in [0, 0.05) is 12.6 Å². The molecule has 0 aromatic heterocycles. The van der Waals surface area contributed by atoms with E-state index in [-0.39, 0.29) is 13.0 Å². The summed E-state index contributed by atoms with van der Waals surface area (Å²) in [5.74, 6) is -0.305. The molecule has 0 aliphatic heterocycles. The van der Waals surface area contributed by atoms with Gasteiger partial charge in [0.15, 0.2) is 4.90 Å². The zero-order chi connectivity index (χ0) is 24.1. The van der Waals surface area contributed by atoms with E-state index in [1.165, 1.54) is 14.0 Å². The van der Waals surface area contributed by atoms with Crippen molar-refractivity contribution < 1.29 is 32.5 Å². The van der Waals surface area contributed by atoms with Crippen molar-refractivity contribution in [3.63, 3.8) is 0 Å².